The number of esters is 1. The van der Waals surface area contributed by atoms with E-state index in [0.29, 0.717) is 12.0 Å². The molecule has 1 rings (SSSR count). The number of hydrogen-bond acceptors (Lipinski definition) is 4. The van der Waals surface area contributed by atoms with Gasteiger partial charge in [0, 0.05) is 15.2 Å². The summed E-state index contributed by atoms with van der Waals surface area (Å²) in [5.41, 5.74) is -0.391. The van der Waals surface area contributed by atoms with Crippen molar-refractivity contribution in [3.63, 3.8) is 0 Å². The Morgan fingerprint density at radius 1 is 1.07 bits per heavy atom. The monoisotopic (exact) mass is 488 g/mol. The fourth-order valence-electron chi connectivity index (χ4n) is 2.65. The molecule has 0 radical (unpaired) electrons. The summed E-state index contributed by atoms with van der Waals surface area (Å²) in [5, 5.41) is 5.61. The van der Waals surface area contributed by atoms with Gasteiger partial charge in [-0.3, -0.25) is 14.4 Å². The minimum Gasteiger partial charge on any atom is -0.469 e. The highest BCUT2D eigenvalue weighted by Gasteiger charge is 2.39. The SMILES string of the molecule is COC(=O)C(C)(C)[C@@H](CC(C)C)NC(=O)[C@H](C)NC(=O)c1ccc(I)cc1. The summed E-state index contributed by atoms with van der Waals surface area (Å²) in [6, 6.07) is 5.94. The van der Waals surface area contributed by atoms with Crippen LogP contribution < -0.4 is 10.6 Å². The number of carbonyl (C=O) groups excluding carboxylic acids is 3. The third kappa shape index (κ3) is 6.79. The number of halogens is 1. The fraction of sp³-hybridized carbons (Fsp3) is 0.550. The van der Waals surface area contributed by atoms with Crippen molar-refractivity contribution in [2.75, 3.05) is 7.11 Å². The lowest BCUT2D eigenvalue weighted by molar-refractivity contribution is -0.153. The molecule has 150 valence electrons. The van der Waals surface area contributed by atoms with Gasteiger partial charge in [0.1, 0.15) is 6.04 Å². The maximum atomic E-state index is 12.6. The second kappa shape index (κ2) is 10.1. The standard InChI is InChI=1S/C20H29IN2O4/c1-12(2)11-16(20(4,5)19(26)27-6)23-17(24)13(3)22-18(25)14-7-9-15(21)10-8-14/h7-10,12-13,16H,11H2,1-6H3,(H,22,25)(H,23,24)/t13-,16+/m0/s1. The summed E-state index contributed by atoms with van der Waals surface area (Å²) < 4.78 is 5.92. The Labute approximate surface area is 175 Å². The zero-order valence-electron chi connectivity index (χ0n) is 16.8. The van der Waals surface area contributed by atoms with Crippen LogP contribution in [0.5, 0.6) is 0 Å². The predicted molar refractivity (Wildman–Crippen MR) is 113 cm³/mol. The second-order valence-corrected chi connectivity index (χ2v) is 8.85. The van der Waals surface area contributed by atoms with Crippen LogP contribution in [0.25, 0.3) is 0 Å². The van der Waals surface area contributed by atoms with Crippen molar-refractivity contribution < 1.29 is 19.1 Å². The molecule has 0 aliphatic heterocycles. The molecule has 0 fully saturated rings. The highest BCUT2D eigenvalue weighted by Crippen LogP contribution is 2.27. The molecule has 2 amide bonds. The van der Waals surface area contributed by atoms with Gasteiger partial charge < -0.3 is 15.4 Å². The second-order valence-electron chi connectivity index (χ2n) is 7.61. The van der Waals surface area contributed by atoms with Gasteiger partial charge >= 0.3 is 5.97 Å². The van der Waals surface area contributed by atoms with Crippen molar-refractivity contribution in [3.05, 3.63) is 33.4 Å². The summed E-state index contributed by atoms with van der Waals surface area (Å²) in [4.78, 5) is 37.1. The van der Waals surface area contributed by atoms with Gasteiger partial charge in [0.25, 0.3) is 5.91 Å². The van der Waals surface area contributed by atoms with E-state index in [4.69, 9.17) is 4.74 Å². The van der Waals surface area contributed by atoms with E-state index >= 15 is 0 Å². The van der Waals surface area contributed by atoms with Crippen molar-refractivity contribution in [3.8, 4) is 0 Å². The first-order chi connectivity index (χ1) is 12.5. The zero-order valence-corrected chi connectivity index (χ0v) is 18.9. The summed E-state index contributed by atoms with van der Waals surface area (Å²) in [6.07, 6.45) is 0.617. The largest absolute Gasteiger partial charge is 0.469 e. The Bertz CT molecular complexity index is 671. The van der Waals surface area contributed by atoms with Crippen LogP contribution in [-0.4, -0.2) is 37.0 Å². The summed E-state index contributed by atoms with van der Waals surface area (Å²) >= 11 is 2.16. The molecule has 2 atom stereocenters. The van der Waals surface area contributed by atoms with Crippen LogP contribution in [0.1, 0.15) is 51.4 Å². The van der Waals surface area contributed by atoms with E-state index in [2.05, 4.69) is 33.2 Å². The molecule has 27 heavy (non-hydrogen) atoms. The van der Waals surface area contributed by atoms with E-state index in [1.807, 2.05) is 26.0 Å². The molecule has 0 heterocycles. The van der Waals surface area contributed by atoms with Gasteiger partial charge in [0.15, 0.2) is 0 Å². The third-order valence-corrected chi connectivity index (χ3v) is 5.17. The first-order valence-electron chi connectivity index (χ1n) is 8.94. The molecule has 0 aromatic heterocycles. The summed E-state index contributed by atoms with van der Waals surface area (Å²) in [5.74, 6) is -0.766. The van der Waals surface area contributed by atoms with Gasteiger partial charge in [-0.05, 0) is 80.0 Å². The highest BCUT2D eigenvalue weighted by molar-refractivity contribution is 14.1. The number of benzene rings is 1. The number of hydrogen-bond donors (Lipinski definition) is 2. The molecule has 0 bridgehead atoms. The third-order valence-electron chi connectivity index (χ3n) is 4.45. The minimum absolute atomic E-state index is 0.274. The van der Waals surface area contributed by atoms with Gasteiger partial charge in [-0.2, -0.15) is 0 Å². The smallest absolute Gasteiger partial charge is 0.313 e. The van der Waals surface area contributed by atoms with Crippen LogP contribution >= 0.6 is 22.6 Å². The molecule has 1 aromatic rings. The van der Waals surface area contributed by atoms with Crippen molar-refractivity contribution in [1.82, 2.24) is 10.6 Å². The van der Waals surface area contributed by atoms with Crippen molar-refractivity contribution in [2.24, 2.45) is 11.3 Å². The molecule has 0 aliphatic carbocycles. The first kappa shape index (κ1) is 23.4. The Morgan fingerprint density at radius 2 is 1.63 bits per heavy atom. The molecule has 6 nitrogen and oxygen atoms in total. The van der Waals surface area contributed by atoms with Gasteiger partial charge in [-0.1, -0.05) is 13.8 Å². The molecule has 0 saturated heterocycles. The van der Waals surface area contributed by atoms with E-state index in [1.165, 1.54) is 7.11 Å². The Hall–Kier alpha value is -1.64. The molecule has 7 heteroatoms. The van der Waals surface area contributed by atoms with Crippen molar-refractivity contribution >= 4 is 40.4 Å². The Kier molecular flexibility index (Phi) is 8.71. The molecule has 0 spiro atoms. The van der Waals surface area contributed by atoms with Crippen LogP contribution in [0.4, 0.5) is 0 Å². The lowest BCUT2D eigenvalue weighted by Gasteiger charge is -2.34. The highest BCUT2D eigenvalue weighted by atomic mass is 127. The number of amides is 2. The summed E-state index contributed by atoms with van der Waals surface area (Å²) in [6.45, 7) is 9.17. The Morgan fingerprint density at radius 3 is 2.11 bits per heavy atom. The zero-order chi connectivity index (χ0) is 20.8. The van der Waals surface area contributed by atoms with Gasteiger partial charge in [0.2, 0.25) is 5.91 Å². The molecule has 2 N–H and O–H groups in total. The average molecular weight is 488 g/mol. The average Bonchev–Trinajstić information content (AvgIpc) is 2.60. The number of rotatable bonds is 8. The predicted octanol–water partition coefficient (Wildman–Crippen LogP) is 3.14. The lowest BCUT2D eigenvalue weighted by atomic mass is 9.80. The normalized spacial score (nSPS) is 13.6. The molecular weight excluding hydrogens is 459 g/mol. The van der Waals surface area contributed by atoms with Crippen molar-refractivity contribution in [2.45, 2.75) is 53.1 Å². The van der Waals surface area contributed by atoms with Crippen LogP contribution in [0.15, 0.2) is 24.3 Å². The number of ether oxygens (including phenoxy) is 1. The molecule has 0 saturated carbocycles. The van der Waals surface area contributed by atoms with Crippen LogP contribution in [0.3, 0.4) is 0 Å². The maximum absolute atomic E-state index is 12.6. The minimum atomic E-state index is -0.880. The molecular formula is C20H29IN2O4. The Balaban J connectivity index is 2.83. The lowest BCUT2D eigenvalue weighted by Crippen LogP contribution is -2.54. The van der Waals surface area contributed by atoms with Crippen LogP contribution in [0.2, 0.25) is 0 Å². The van der Waals surface area contributed by atoms with Crippen LogP contribution in [-0.2, 0) is 14.3 Å². The van der Waals surface area contributed by atoms with E-state index in [-0.39, 0.29) is 23.7 Å². The van der Waals surface area contributed by atoms with E-state index < -0.39 is 17.5 Å². The van der Waals surface area contributed by atoms with Crippen LogP contribution in [0, 0.1) is 14.9 Å². The fourth-order valence-corrected chi connectivity index (χ4v) is 3.01. The maximum Gasteiger partial charge on any atom is 0.313 e. The first-order valence-corrected chi connectivity index (χ1v) is 10.0. The summed E-state index contributed by atoms with van der Waals surface area (Å²) in [7, 11) is 1.34. The molecule has 1 aromatic carbocycles. The number of carbonyl (C=O) groups is 3. The van der Waals surface area contributed by atoms with E-state index in [1.54, 1.807) is 32.9 Å². The van der Waals surface area contributed by atoms with E-state index in [0.717, 1.165) is 3.57 Å². The molecule has 0 unspecified atom stereocenters. The van der Waals surface area contributed by atoms with E-state index in [9.17, 15) is 14.4 Å². The van der Waals surface area contributed by atoms with Gasteiger partial charge in [-0.25, -0.2) is 0 Å². The van der Waals surface area contributed by atoms with Gasteiger partial charge in [-0.15, -0.1) is 0 Å². The number of nitrogens with one attached hydrogen (secondary N) is 2. The van der Waals surface area contributed by atoms with Gasteiger partial charge in [0.05, 0.1) is 12.5 Å². The topological polar surface area (TPSA) is 84.5 Å². The molecule has 0 aliphatic rings. The number of methoxy groups -OCH3 is 1. The van der Waals surface area contributed by atoms with Crippen molar-refractivity contribution in [1.29, 1.82) is 0 Å². The quantitative estimate of drug-likeness (QED) is 0.435.